The maximum absolute atomic E-state index is 13.9. The molecule has 2 aromatic heterocycles. The fraction of sp³-hybridized carbons (Fsp3) is 0.207. The minimum atomic E-state index is -0.846. The molecule has 2 aromatic carbocycles. The van der Waals surface area contributed by atoms with E-state index in [2.05, 4.69) is 0 Å². The van der Waals surface area contributed by atoms with E-state index in [-0.39, 0.29) is 17.7 Å². The van der Waals surface area contributed by atoms with Crippen LogP contribution in [0.3, 0.4) is 0 Å². The van der Waals surface area contributed by atoms with Crippen LogP contribution in [0.4, 0.5) is 0 Å². The number of benzene rings is 2. The van der Waals surface area contributed by atoms with Crippen molar-refractivity contribution in [2.75, 3.05) is 20.8 Å². The summed E-state index contributed by atoms with van der Waals surface area (Å²) in [5.41, 5.74) is 1.89. The van der Waals surface area contributed by atoms with Gasteiger partial charge in [0.15, 0.2) is 16.3 Å². The average Bonchev–Trinajstić information content (AvgIpc) is 3.50. The number of carbonyl (C=O) groups is 1. The Labute approximate surface area is 222 Å². The summed E-state index contributed by atoms with van der Waals surface area (Å²) in [6.07, 6.45) is 1.77. The summed E-state index contributed by atoms with van der Waals surface area (Å²) in [7, 11) is 3.13. The van der Waals surface area contributed by atoms with Crippen LogP contribution >= 0.6 is 11.3 Å². The quantitative estimate of drug-likeness (QED) is 0.337. The van der Waals surface area contributed by atoms with E-state index in [1.165, 1.54) is 15.9 Å². The molecular formula is C29H26N2O6S. The van der Waals surface area contributed by atoms with Crippen LogP contribution < -0.4 is 24.4 Å². The largest absolute Gasteiger partial charge is 0.493 e. The fourth-order valence-electron chi connectivity index (χ4n) is 4.40. The second-order valence-electron chi connectivity index (χ2n) is 8.49. The molecule has 0 N–H and O–H groups in total. The number of carbonyl (C=O) groups excluding carboxylic acids is 1. The summed E-state index contributed by atoms with van der Waals surface area (Å²) in [6.45, 7) is 3.74. The highest BCUT2D eigenvalue weighted by atomic mass is 32.1. The molecule has 38 heavy (non-hydrogen) atoms. The van der Waals surface area contributed by atoms with Gasteiger partial charge in [0.1, 0.15) is 17.6 Å². The zero-order valence-electron chi connectivity index (χ0n) is 21.4. The van der Waals surface area contributed by atoms with Gasteiger partial charge in [0.2, 0.25) is 0 Å². The van der Waals surface area contributed by atoms with E-state index in [1.807, 2.05) is 43.3 Å². The Hall–Kier alpha value is -4.37. The number of furan rings is 1. The molecule has 0 saturated heterocycles. The number of rotatable bonds is 7. The summed E-state index contributed by atoms with van der Waals surface area (Å²) in [6, 6.07) is 17.5. The first kappa shape index (κ1) is 25.3. The van der Waals surface area contributed by atoms with Crippen LogP contribution in [0.2, 0.25) is 0 Å². The number of hydrogen-bond acceptors (Lipinski definition) is 8. The van der Waals surface area contributed by atoms with Crippen molar-refractivity contribution in [2.45, 2.75) is 19.9 Å². The highest BCUT2D eigenvalue weighted by Crippen LogP contribution is 2.36. The molecule has 4 aromatic rings. The normalized spacial score (nSPS) is 15.2. The summed E-state index contributed by atoms with van der Waals surface area (Å²) in [5, 5.41) is 0. The van der Waals surface area contributed by atoms with Gasteiger partial charge in [0, 0.05) is 5.56 Å². The summed E-state index contributed by atoms with van der Waals surface area (Å²) < 4.78 is 24.1. The maximum atomic E-state index is 13.9. The maximum Gasteiger partial charge on any atom is 0.338 e. The number of esters is 1. The van der Waals surface area contributed by atoms with Gasteiger partial charge in [-0.15, -0.1) is 0 Å². The van der Waals surface area contributed by atoms with Crippen molar-refractivity contribution in [2.24, 2.45) is 4.99 Å². The second-order valence-corrected chi connectivity index (χ2v) is 9.50. The number of aromatic nitrogens is 1. The lowest BCUT2D eigenvalue weighted by atomic mass is 9.97. The number of hydrogen-bond donors (Lipinski definition) is 0. The van der Waals surface area contributed by atoms with Crippen molar-refractivity contribution in [1.29, 1.82) is 0 Å². The first-order valence-corrected chi connectivity index (χ1v) is 12.8. The molecule has 3 heterocycles. The highest BCUT2D eigenvalue weighted by molar-refractivity contribution is 7.07. The minimum Gasteiger partial charge on any atom is -0.493 e. The number of thiazole rings is 1. The van der Waals surface area contributed by atoms with Crippen molar-refractivity contribution in [3.63, 3.8) is 0 Å². The molecule has 194 valence electrons. The summed E-state index contributed by atoms with van der Waals surface area (Å²) in [4.78, 5) is 32.5. The standard InChI is InChI=1S/C29H26N2O6S/c1-5-36-28(33)24-25(19-9-7-6-8-10-19)30-29-31(26(24)21-13-11-17(2)37-21)27(32)23(38-29)16-18-12-14-20(34-3)22(15-18)35-4/h6-16,26H,5H2,1-4H3. The molecule has 5 rings (SSSR count). The average molecular weight is 531 g/mol. The van der Waals surface area contributed by atoms with Gasteiger partial charge in [-0.2, -0.15) is 0 Å². The molecule has 0 saturated carbocycles. The zero-order valence-corrected chi connectivity index (χ0v) is 22.2. The van der Waals surface area contributed by atoms with Gasteiger partial charge in [0.25, 0.3) is 5.56 Å². The van der Waals surface area contributed by atoms with Crippen molar-refractivity contribution < 1.29 is 23.4 Å². The molecule has 9 heteroatoms. The predicted molar refractivity (Wildman–Crippen MR) is 144 cm³/mol. The zero-order chi connectivity index (χ0) is 26.8. The van der Waals surface area contributed by atoms with Crippen LogP contribution in [0.1, 0.15) is 35.6 Å². The topological polar surface area (TPSA) is 92.3 Å². The lowest BCUT2D eigenvalue weighted by Crippen LogP contribution is -2.39. The van der Waals surface area contributed by atoms with Crippen LogP contribution in [0.5, 0.6) is 11.5 Å². The molecule has 0 radical (unpaired) electrons. The number of aryl methyl sites for hydroxylation is 1. The predicted octanol–water partition coefficient (Wildman–Crippen LogP) is 3.85. The Morgan fingerprint density at radius 3 is 2.50 bits per heavy atom. The van der Waals surface area contributed by atoms with E-state index in [4.69, 9.17) is 23.6 Å². The third kappa shape index (κ3) is 4.56. The van der Waals surface area contributed by atoms with Gasteiger partial charge < -0.3 is 18.6 Å². The van der Waals surface area contributed by atoms with Gasteiger partial charge in [-0.1, -0.05) is 47.7 Å². The van der Waals surface area contributed by atoms with Crippen LogP contribution in [0, 0.1) is 6.92 Å². The molecule has 1 aliphatic heterocycles. The molecule has 0 spiro atoms. The number of nitrogens with zero attached hydrogens (tertiary/aromatic N) is 2. The van der Waals surface area contributed by atoms with Gasteiger partial charge in [0.05, 0.1) is 36.6 Å². The Balaban J connectivity index is 1.79. The first-order chi connectivity index (χ1) is 18.4. The van der Waals surface area contributed by atoms with Gasteiger partial charge in [-0.05, 0) is 49.8 Å². The van der Waals surface area contributed by atoms with E-state index >= 15 is 0 Å². The molecule has 8 nitrogen and oxygen atoms in total. The Morgan fingerprint density at radius 2 is 1.84 bits per heavy atom. The molecule has 0 amide bonds. The Kier molecular flexibility index (Phi) is 7.02. The lowest BCUT2D eigenvalue weighted by Gasteiger charge is -2.24. The second kappa shape index (κ2) is 10.5. The third-order valence-electron chi connectivity index (χ3n) is 6.11. The van der Waals surface area contributed by atoms with Crippen molar-refractivity contribution in [3.8, 4) is 11.5 Å². The van der Waals surface area contributed by atoms with E-state index in [0.717, 1.165) is 11.1 Å². The first-order valence-electron chi connectivity index (χ1n) is 12.0. The minimum absolute atomic E-state index is 0.179. The molecule has 1 aliphatic rings. The monoisotopic (exact) mass is 530 g/mol. The molecule has 1 atom stereocenters. The smallest absolute Gasteiger partial charge is 0.338 e. The lowest BCUT2D eigenvalue weighted by molar-refractivity contribution is -0.139. The number of fused-ring (bicyclic) bond motifs is 1. The van der Waals surface area contributed by atoms with Crippen molar-refractivity contribution >= 4 is 29.1 Å². The van der Waals surface area contributed by atoms with Crippen LogP contribution in [-0.2, 0) is 9.53 Å². The Morgan fingerprint density at radius 1 is 1.08 bits per heavy atom. The Bertz CT molecular complexity index is 1710. The van der Waals surface area contributed by atoms with E-state index in [0.29, 0.717) is 38.1 Å². The van der Waals surface area contributed by atoms with E-state index < -0.39 is 12.0 Å². The van der Waals surface area contributed by atoms with Crippen LogP contribution in [0.15, 0.2) is 80.4 Å². The van der Waals surface area contributed by atoms with E-state index in [9.17, 15) is 9.59 Å². The third-order valence-corrected chi connectivity index (χ3v) is 7.09. The van der Waals surface area contributed by atoms with Gasteiger partial charge in [-0.25, -0.2) is 9.79 Å². The molecule has 0 fully saturated rings. The van der Waals surface area contributed by atoms with Gasteiger partial charge >= 0.3 is 5.97 Å². The summed E-state index contributed by atoms with van der Waals surface area (Å²) >= 11 is 1.24. The number of methoxy groups -OCH3 is 2. The molecular weight excluding hydrogens is 504 g/mol. The SMILES string of the molecule is CCOC(=O)C1=C(c2ccccc2)N=c2sc(=Cc3ccc(OC)c(OC)c3)c(=O)n2C1c1ccc(C)o1. The van der Waals surface area contributed by atoms with Crippen LogP contribution in [0.25, 0.3) is 11.8 Å². The van der Waals surface area contributed by atoms with Crippen molar-refractivity contribution in [3.05, 3.63) is 109 Å². The van der Waals surface area contributed by atoms with Gasteiger partial charge in [-0.3, -0.25) is 9.36 Å². The highest BCUT2D eigenvalue weighted by Gasteiger charge is 2.37. The molecule has 1 unspecified atom stereocenters. The summed E-state index contributed by atoms with van der Waals surface area (Å²) in [5.74, 6) is 1.70. The van der Waals surface area contributed by atoms with Crippen molar-refractivity contribution in [1.82, 2.24) is 4.57 Å². The number of ether oxygens (including phenoxy) is 3. The fourth-order valence-corrected chi connectivity index (χ4v) is 5.40. The van der Waals surface area contributed by atoms with E-state index in [1.54, 1.807) is 51.5 Å². The molecule has 0 aliphatic carbocycles. The van der Waals surface area contributed by atoms with Crippen LogP contribution in [-0.4, -0.2) is 31.4 Å². The molecule has 0 bridgehead atoms.